The molecule has 1 aliphatic heterocycles. The van der Waals surface area contributed by atoms with Crippen molar-refractivity contribution in [2.75, 3.05) is 6.54 Å². The van der Waals surface area contributed by atoms with Gasteiger partial charge in [-0.1, -0.05) is 11.3 Å². The molecule has 10 heteroatoms. The molecule has 4 atom stereocenters. The summed E-state index contributed by atoms with van der Waals surface area (Å²) >= 11 is 0. The number of nitrogens with two attached hydrogens (primary N) is 1. The smallest absolute Gasteiger partial charge is 0.315 e. The lowest BCUT2D eigenvalue weighted by atomic mass is 10.0. The molecule has 3 rings (SSSR count). The van der Waals surface area contributed by atoms with E-state index in [2.05, 4.69) is 15.6 Å². The molecule has 0 aliphatic carbocycles. The number of carbonyl (C=O) groups excluding carboxylic acids is 1. The van der Waals surface area contributed by atoms with Gasteiger partial charge in [-0.05, 0) is 50.8 Å². The Labute approximate surface area is 161 Å². The fourth-order valence-corrected chi connectivity index (χ4v) is 3.72. The van der Waals surface area contributed by atoms with E-state index >= 15 is 0 Å². The van der Waals surface area contributed by atoms with E-state index in [0.717, 1.165) is 5.56 Å². The summed E-state index contributed by atoms with van der Waals surface area (Å²) in [5.41, 5.74) is 6.38. The molecular formula is C18H26N6O4. The molecule has 0 bridgehead atoms. The number of likely N-dealkylation sites (N-methyl/N-ethyl adjacent to an activating group) is 1. The normalized spacial score (nSPS) is 23.5. The lowest BCUT2D eigenvalue weighted by Crippen LogP contribution is -2.50. The van der Waals surface area contributed by atoms with Crippen molar-refractivity contribution in [3.05, 3.63) is 34.1 Å². The molecule has 10 nitrogen and oxygen atoms in total. The number of urea groups is 1. The Morgan fingerprint density at radius 1 is 1.43 bits per heavy atom. The Morgan fingerprint density at radius 2 is 2.18 bits per heavy atom. The van der Waals surface area contributed by atoms with E-state index in [1.165, 1.54) is 4.68 Å². The van der Waals surface area contributed by atoms with Crippen LogP contribution in [0.5, 0.6) is 0 Å². The summed E-state index contributed by atoms with van der Waals surface area (Å²) in [6.45, 7) is 4.26. The van der Waals surface area contributed by atoms with Gasteiger partial charge in [-0.3, -0.25) is 10.1 Å². The molecule has 2 amide bonds. The molecule has 5 N–H and O–H groups in total. The molecular weight excluding hydrogens is 364 g/mol. The van der Waals surface area contributed by atoms with Crippen molar-refractivity contribution < 1.29 is 15.0 Å². The van der Waals surface area contributed by atoms with E-state index in [0.29, 0.717) is 36.7 Å². The van der Waals surface area contributed by atoms with Gasteiger partial charge < -0.3 is 20.8 Å². The van der Waals surface area contributed by atoms with Gasteiger partial charge in [0.05, 0.1) is 11.4 Å². The molecule has 1 aromatic heterocycles. The van der Waals surface area contributed by atoms with Crippen LogP contribution in [0.3, 0.4) is 0 Å². The van der Waals surface area contributed by atoms with E-state index in [1.54, 1.807) is 17.0 Å². The number of aliphatic hydroxyl groups excluding tert-OH is 2. The molecule has 0 saturated carbocycles. The van der Waals surface area contributed by atoms with Crippen LogP contribution in [0.4, 0.5) is 4.79 Å². The minimum Gasteiger partial charge on any atom is -0.379 e. The predicted molar refractivity (Wildman–Crippen MR) is 102 cm³/mol. The van der Waals surface area contributed by atoms with Crippen LogP contribution in [0, 0.1) is 0 Å². The number of amides is 2. The summed E-state index contributed by atoms with van der Waals surface area (Å²) in [4.78, 5) is 26.1. The summed E-state index contributed by atoms with van der Waals surface area (Å²) < 4.78 is 1.17. The Hall–Kier alpha value is -2.56. The van der Waals surface area contributed by atoms with E-state index in [4.69, 9.17) is 5.73 Å². The third-order valence-electron chi connectivity index (χ3n) is 5.21. The average molecular weight is 390 g/mol. The number of hydrogen-bond donors (Lipinski definition) is 4. The Morgan fingerprint density at radius 3 is 2.82 bits per heavy atom. The maximum atomic E-state index is 13.0. The highest BCUT2D eigenvalue weighted by atomic mass is 16.3. The van der Waals surface area contributed by atoms with Crippen molar-refractivity contribution >= 4 is 16.9 Å². The van der Waals surface area contributed by atoms with Gasteiger partial charge in [0, 0.05) is 12.6 Å². The number of fused-ring (bicyclic) bond motifs is 1. The third-order valence-corrected chi connectivity index (χ3v) is 5.21. The minimum atomic E-state index is -1.09. The fourth-order valence-electron chi connectivity index (χ4n) is 3.72. The molecule has 1 saturated heterocycles. The zero-order valence-electron chi connectivity index (χ0n) is 15.9. The summed E-state index contributed by atoms with van der Waals surface area (Å²) in [6, 6.07) is 4.09. The lowest BCUT2D eigenvalue weighted by molar-refractivity contribution is -0.0326. The number of primary amides is 1. The van der Waals surface area contributed by atoms with Crippen molar-refractivity contribution in [3.63, 3.8) is 0 Å². The van der Waals surface area contributed by atoms with Gasteiger partial charge in [-0.2, -0.15) is 0 Å². The second kappa shape index (κ2) is 8.21. The summed E-state index contributed by atoms with van der Waals surface area (Å²) in [5.74, 6) is 0. The van der Waals surface area contributed by atoms with Crippen LogP contribution in [0.15, 0.2) is 23.0 Å². The first-order valence-electron chi connectivity index (χ1n) is 9.38. The highest BCUT2D eigenvalue weighted by molar-refractivity contribution is 5.77. The molecule has 4 unspecified atom stereocenters. The number of aromatic nitrogens is 3. The van der Waals surface area contributed by atoms with Gasteiger partial charge in [0.1, 0.15) is 18.0 Å². The second-order valence-corrected chi connectivity index (χ2v) is 7.14. The lowest BCUT2D eigenvalue weighted by Gasteiger charge is -2.31. The van der Waals surface area contributed by atoms with Gasteiger partial charge in [-0.15, -0.1) is 5.10 Å². The fraction of sp³-hybridized carbons (Fsp3) is 0.556. The number of hydrogen-bond acceptors (Lipinski definition) is 7. The van der Waals surface area contributed by atoms with Crippen LogP contribution in [-0.4, -0.2) is 61.2 Å². The van der Waals surface area contributed by atoms with Crippen LogP contribution in [0.1, 0.15) is 38.3 Å². The largest absolute Gasteiger partial charge is 0.379 e. The van der Waals surface area contributed by atoms with Gasteiger partial charge >= 0.3 is 6.03 Å². The molecule has 2 heterocycles. The van der Waals surface area contributed by atoms with E-state index in [1.807, 2.05) is 19.9 Å². The maximum Gasteiger partial charge on any atom is 0.315 e. The van der Waals surface area contributed by atoms with Gasteiger partial charge in [-0.25, -0.2) is 9.48 Å². The monoisotopic (exact) mass is 390 g/mol. The predicted octanol–water partition coefficient (Wildman–Crippen LogP) is -0.316. The zero-order valence-corrected chi connectivity index (χ0v) is 15.9. The molecule has 152 valence electrons. The number of benzene rings is 1. The molecule has 1 fully saturated rings. The Balaban J connectivity index is 1.92. The number of nitrogens with zero attached hydrogens (tertiary/aromatic N) is 4. The quantitative estimate of drug-likeness (QED) is 0.547. The highest BCUT2D eigenvalue weighted by Crippen LogP contribution is 2.21. The first-order chi connectivity index (χ1) is 13.3. The number of aliphatic hydroxyl groups is 2. The van der Waals surface area contributed by atoms with Crippen LogP contribution in [-0.2, 0) is 6.42 Å². The maximum absolute atomic E-state index is 13.0. The molecule has 1 aromatic carbocycles. The van der Waals surface area contributed by atoms with E-state index in [9.17, 15) is 19.8 Å². The number of carbonyl (C=O) groups is 1. The van der Waals surface area contributed by atoms with E-state index in [-0.39, 0.29) is 11.6 Å². The highest BCUT2D eigenvalue weighted by Gasteiger charge is 2.30. The summed E-state index contributed by atoms with van der Waals surface area (Å²) in [7, 11) is 0. The third kappa shape index (κ3) is 3.98. The minimum absolute atomic E-state index is 0.122. The average Bonchev–Trinajstić information content (AvgIpc) is 2.63. The number of piperidine rings is 1. The second-order valence-electron chi connectivity index (χ2n) is 7.14. The van der Waals surface area contributed by atoms with Crippen molar-refractivity contribution in [3.8, 4) is 0 Å². The molecule has 0 spiro atoms. The number of rotatable bonds is 5. The van der Waals surface area contributed by atoms with Gasteiger partial charge in [0.2, 0.25) is 0 Å². The Bertz CT molecular complexity index is 917. The molecule has 1 aliphatic rings. The first kappa shape index (κ1) is 20.2. The zero-order chi connectivity index (χ0) is 20.4. The topological polar surface area (TPSA) is 147 Å². The van der Waals surface area contributed by atoms with Crippen molar-refractivity contribution in [1.82, 2.24) is 25.2 Å². The van der Waals surface area contributed by atoms with Gasteiger partial charge in [0.25, 0.3) is 5.56 Å². The van der Waals surface area contributed by atoms with Crippen molar-refractivity contribution in [2.24, 2.45) is 5.73 Å². The van der Waals surface area contributed by atoms with Crippen molar-refractivity contribution in [1.29, 1.82) is 0 Å². The van der Waals surface area contributed by atoms with Crippen LogP contribution < -0.4 is 16.6 Å². The van der Waals surface area contributed by atoms with Crippen LogP contribution in [0.2, 0.25) is 0 Å². The Kier molecular flexibility index (Phi) is 5.92. The standard InChI is InChI=1S/C18H26N6O4/c1-3-23(18(19)28)10(2)8-11-4-5-13-12(9-11)17(27)24(22-21-13)14-6-7-15(25)20-16(14)26/h4-5,9-10,14-16,20,25-26H,3,6-8H2,1-2H3,(H2,19,28). The molecule has 28 heavy (non-hydrogen) atoms. The summed E-state index contributed by atoms with van der Waals surface area (Å²) in [6.07, 6.45) is -0.573. The SMILES string of the molecule is CCN(C(N)=O)C(C)Cc1ccc2nnn(C3CCC(O)NC3O)c(=O)c2c1. The van der Waals surface area contributed by atoms with Crippen LogP contribution >= 0.6 is 0 Å². The first-order valence-corrected chi connectivity index (χ1v) is 9.38. The number of nitrogens with one attached hydrogen (secondary N) is 1. The van der Waals surface area contributed by atoms with Gasteiger partial charge in [0.15, 0.2) is 0 Å². The van der Waals surface area contributed by atoms with Crippen molar-refractivity contribution in [2.45, 2.75) is 57.6 Å². The molecule has 0 radical (unpaired) electrons. The van der Waals surface area contributed by atoms with Crippen LogP contribution in [0.25, 0.3) is 10.9 Å². The summed E-state index contributed by atoms with van der Waals surface area (Å²) in [5, 5.41) is 30.8. The van der Waals surface area contributed by atoms with E-state index < -0.39 is 24.5 Å². The molecule has 2 aromatic rings.